The number of phosphoric ester groups is 5. The van der Waals surface area contributed by atoms with Crippen molar-refractivity contribution in [2.45, 2.75) is 162 Å². The van der Waals surface area contributed by atoms with Crippen molar-refractivity contribution in [3.05, 3.63) is 220 Å². The molecule has 3 aromatic carbocycles. The molecule has 69 heteroatoms. The summed E-state index contributed by atoms with van der Waals surface area (Å²) < 4.78 is 201. The van der Waals surface area contributed by atoms with Gasteiger partial charge in [0, 0.05) is 57.0 Å². The molecule has 6 aliphatic heterocycles. The predicted octanol–water partition coefficient (Wildman–Crippen LogP) is 2.57. The SMILES string of the molecule is Cc1cn([C@H]2C[C@H](OP(=O)(O)OC[C@H]3O[C@@H](n4cnc5c(=O)[nH]c(N)nc54)C[C@@H]3OP(=O)(O)OC[C@H]3O[C@@H](n4cnc5c(=O)[nH]c(N)nc54)C[C@@H]3OP(=O)(O)OC[C@H]3O[C@@H](n4cnc5c(=O)[nH]c(N)nc54)C[C@@H]3OP(=O)(O)OC[C@H]3OC(n4cnc5c(N)ncnc54)C[C@@H]3OP(=O)(O)OC[C@H]3O[C@@H](n4cnc5c(=O)[nH]c(N)nc54)C[C@@H]3OP(C)(=O)O)[C@@H](COC(c3ccccc3)(c3ccccc3)c3ccccc3)O2)c(=O)[nH]c1=O. The quantitative estimate of drug-likeness (QED) is 0.0194. The Labute approximate surface area is 831 Å². The number of fused-ring (bicyclic) bond motifs is 5. The van der Waals surface area contributed by atoms with E-state index in [1.165, 1.54) is 39.5 Å². The molecule has 6 fully saturated rings. The number of hydrogen-bond donors (Lipinski definition) is 16. The van der Waals surface area contributed by atoms with Crippen LogP contribution in [0.1, 0.15) is 98.1 Å². The molecule has 0 aliphatic carbocycles. The fraction of sp³-hybridized carbons (Fsp3) is 0.412. The summed E-state index contributed by atoms with van der Waals surface area (Å²) in [6.45, 7) is -3.46. The number of anilines is 5. The molecule has 20 rings (SSSR count). The van der Waals surface area contributed by atoms with E-state index in [1.807, 2.05) is 91.0 Å². The number of nitrogens with two attached hydrogens (primary N) is 5. The van der Waals surface area contributed by atoms with Crippen LogP contribution in [0.4, 0.5) is 29.6 Å². The summed E-state index contributed by atoms with van der Waals surface area (Å²) in [5.74, 6) is -1.57. The molecule has 6 saturated heterocycles. The maximum atomic E-state index is 14.9. The van der Waals surface area contributed by atoms with Crippen molar-refractivity contribution < 1.29 is 140 Å². The Hall–Kier alpha value is -12.3. The Bertz CT molecular complexity index is 8020. The molecule has 63 nitrogen and oxygen atoms in total. The van der Waals surface area contributed by atoms with E-state index in [-0.39, 0.29) is 91.9 Å². The van der Waals surface area contributed by atoms with E-state index in [0.717, 1.165) is 45.7 Å². The first-order valence-corrected chi connectivity index (χ1v) is 54.6. The fourth-order valence-corrected chi connectivity index (χ4v) is 23.9. The number of nitrogen functional groups attached to an aromatic ring is 5. The van der Waals surface area contributed by atoms with E-state index in [4.69, 9.17) is 112 Å². The summed E-state index contributed by atoms with van der Waals surface area (Å²) in [6.07, 6.45) is -22.7. The monoisotopic (exact) mass is 2190 g/mol. The maximum absolute atomic E-state index is 14.9. The van der Waals surface area contributed by atoms with Crippen molar-refractivity contribution in [2.75, 3.05) is 75.0 Å². The van der Waals surface area contributed by atoms with Crippen LogP contribution in [0.3, 0.4) is 0 Å². The molecule has 17 heterocycles. The van der Waals surface area contributed by atoms with Crippen LogP contribution in [0.15, 0.2) is 164 Å². The van der Waals surface area contributed by atoms with Gasteiger partial charge in [-0.15, -0.1) is 0 Å². The molecule has 0 saturated carbocycles. The molecule has 0 radical (unpaired) electrons. The smallest absolute Gasteiger partial charge is 0.382 e. The third-order valence-electron chi connectivity index (χ3n) is 25.0. The molecule has 0 amide bonds. The van der Waals surface area contributed by atoms with Gasteiger partial charge in [-0.05, 0) is 23.6 Å². The highest BCUT2D eigenvalue weighted by molar-refractivity contribution is 7.52. The molecule has 21 N–H and O–H groups in total. The number of benzene rings is 3. The molecule has 7 unspecified atom stereocenters. The molecule has 792 valence electrons. The van der Waals surface area contributed by atoms with Crippen LogP contribution in [-0.4, -0.2) is 256 Å². The number of nitrogens with zero attached hydrogens (tertiary/aromatic N) is 17. The Kier molecular flexibility index (Phi) is 28.7. The third-order valence-corrected chi connectivity index (χ3v) is 30.7. The van der Waals surface area contributed by atoms with Crippen LogP contribution in [0.5, 0.6) is 0 Å². The Morgan fingerprint density at radius 2 is 0.604 bits per heavy atom. The van der Waals surface area contributed by atoms with Gasteiger partial charge < -0.3 is 95.7 Å². The average molecular weight is 2190 g/mol. The zero-order chi connectivity index (χ0) is 105. The Balaban J connectivity index is 0.543. The molecular weight excluding hydrogens is 2100 g/mol. The lowest BCUT2D eigenvalue weighted by atomic mass is 9.80. The summed E-state index contributed by atoms with van der Waals surface area (Å²) in [6, 6.07) is 27.4. The third kappa shape index (κ3) is 22.2. The van der Waals surface area contributed by atoms with Gasteiger partial charge in [0.1, 0.15) is 122 Å². The summed E-state index contributed by atoms with van der Waals surface area (Å²) in [5.41, 5.74) is 24.2. The van der Waals surface area contributed by atoms with E-state index < -0.39 is 274 Å². The van der Waals surface area contributed by atoms with E-state index >= 15 is 0 Å². The Morgan fingerprint density at radius 3 is 0.893 bits per heavy atom. The van der Waals surface area contributed by atoms with Crippen molar-refractivity contribution in [2.24, 2.45) is 0 Å². The van der Waals surface area contributed by atoms with Crippen molar-refractivity contribution in [3.63, 3.8) is 0 Å². The first-order valence-electron chi connectivity index (χ1n) is 45.1. The van der Waals surface area contributed by atoms with Gasteiger partial charge in [0.15, 0.2) is 56.1 Å². The number of rotatable bonds is 39. The highest BCUT2D eigenvalue weighted by Gasteiger charge is 2.54. The Morgan fingerprint density at radius 1 is 0.342 bits per heavy atom. The lowest BCUT2D eigenvalue weighted by Crippen LogP contribution is -2.38. The standard InChI is InChI=1S/C80H91N27O36P6/c1-37-24-102(79(113)101-70(37)108)53-19-42(47(132-53)25-126-80(38-12-6-3-7-13-38,39-14-8-4-9-15-39)40-16-10-5-11-17-40)139-145(116,117)128-28-50-44(21-56(135-50)105-34-90-61-67(105)94-76(83)98-72(61)110)142-148(122,123)130-30-52-46(23-58(137-52)107-36-92-63-69(107)96-78(85)100-74(63)112)143-149(124,125)131-29-51-45(22-57(136-51)106-35-91-62-68(106)95-77(84)99-73(62)111)141-147(120,121)129-27-49-43(20-54(134-49)103-32-88-59-64(81)86-31-87-65(59)103)140-146(118,119)127-26-48-41(138-144(2,114)115)18-55(133-48)104-33-89-60-66(104)93-75(82)97-71(60)109/h3-17,24,31-36,41-58H,18-23,25-30H2,1-2H3,(H,114,115)(H,116,117)(H,118,119)(H,120,121)(H,122,123)(H,124,125)(H2,81,86,87)(H,101,108,113)(H3,82,93,97,109)(H3,83,94,98,110)(H3,84,95,99,111)(H3,85,96,100,112)/t41-,42-,43-,44-,45-,46-,47+,48+,49+,50+,51+,52+,53+,54?,55+,56+,57+,58+/m0/s1. The number of ether oxygens (including phenoxy) is 7. The fourth-order valence-electron chi connectivity index (χ4n) is 18.4. The van der Waals surface area contributed by atoms with E-state index in [0.29, 0.717) is 16.7 Å². The average Bonchev–Trinajstić information content (AvgIpc) is 1.75. The van der Waals surface area contributed by atoms with Gasteiger partial charge in [-0.1, -0.05) is 91.0 Å². The molecule has 14 aromatic rings. The second kappa shape index (κ2) is 41.1. The zero-order valence-electron chi connectivity index (χ0n) is 77.2. The number of hydrogen-bond acceptors (Lipinski definition) is 46. The zero-order valence-corrected chi connectivity index (χ0v) is 82.5. The normalized spacial score (nSPS) is 26.8. The van der Waals surface area contributed by atoms with Crippen LogP contribution >= 0.6 is 46.7 Å². The van der Waals surface area contributed by atoms with Gasteiger partial charge in [0.25, 0.3) is 27.8 Å². The highest BCUT2D eigenvalue weighted by atomic mass is 31.2. The van der Waals surface area contributed by atoms with Gasteiger partial charge in [0.05, 0.1) is 77.4 Å². The highest BCUT2D eigenvalue weighted by Crippen LogP contribution is 2.58. The number of aryl methyl sites for hydroxylation is 1. The second-order valence-corrected chi connectivity index (χ2v) is 43.8. The number of nitrogens with one attached hydrogen (secondary N) is 5. The lowest BCUT2D eigenvalue weighted by Gasteiger charge is -2.37. The number of phosphoric acid groups is 5. The van der Waals surface area contributed by atoms with E-state index in [9.17, 15) is 85.5 Å². The van der Waals surface area contributed by atoms with Crippen molar-refractivity contribution in [3.8, 4) is 0 Å². The van der Waals surface area contributed by atoms with Gasteiger partial charge >= 0.3 is 52.4 Å². The van der Waals surface area contributed by atoms with Crippen LogP contribution in [0, 0.1) is 6.92 Å². The number of aromatic amines is 5. The number of aromatic nitrogens is 22. The molecule has 6 aliphatic rings. The molecule has 11 aromatic heterocycles. The summed E-state index contributed by atoms with van der Waals surface area (Å²) >= 11 is 0. The summed E-state index contributed by atoms with van der Waals surface area (Å²) in [7, 11) is -32.4. The van der Waals surface area contributed by atoms with Crippen LogP contribution in [-0.2, 0) is 116 Å². The first kappa shape index (κ1) is 104. The molecular formula is C80H91N27O36P6. The van der Waals surface area contributed by atoms with Gasteiger partial charge in [-0.2, -0.15) is 19.9 Å². The molecule has 0 bridgehead atoms. The van der Waals surface area contributed by atoms with Crippen LogP contribution in [0.25, 0.3) is 55.8 Å². The van der Waals surface area contributed by atoms with E-state index in [2.05, 4.69) is 79.7 Å². The summed E-state index contributed by atoms with van der Waals surface area (Å²) in [5, 5.41) is 0. The van der Waals surface area contributed by atoms with Crippen LogP contribution in [0.2, 0.25) is 0 Å². The largest absolute Gasteiger partial charge is 0.472 e. The number of imidazole rings is 5. The minimum Gasteiger partial charge on any atom is -0.382 e. The van der Waals surface area contributed by atoms with Crippen molar-refractivity contribution in [1.29, 1.82) is 0 Å². The van der Waals surface area contributed by atoms with Crippen molar-refractivity contribution in [1.82, 2.24) is 107 Å². The predicted molar refractivity (Wildman–Crippen MR) is 506 cm³/mol. The molecule has 149 heavy (non-hydrogen) atoms. The molecule has 0 spiro atoms. The molecule has 24 atom stereocenters. The van der Waals surface area contributed by atoms with Gasteiger partial charge in [0.2, 0.25) is 23.8 Å². The minimum absolute atomic E-state index is 0.0680. The van der Waals surface area contributed by atoms with E-state index in [1.54, 1.807) is 0 Å². The lowest BCUT2D eigenvalue weighted by molar-refractivity contribution is -0.0952. The minimum atomic E-state index is -5.74. The number of H-pyrrole nitrogens is 5. The first-order chi connectivity index (χ1) is 70.9. The van der Waals surface area contributed by atoms with Crippen LogP contribution < -0.4 is 62.2 Å². The topological polar surface area (TPSA) is 873 Å². The van der Waals surface area contributed by atoms with Crippen molar-refractivity contribution >= 4 is 132 Å². The van der Waals surface area contributed by atoms with Gasteiger partial charge in [-0.25, -0.2) is 62.5 Å². The summed E-state index contributed by atoms with van der Waals surface area (Å²) in [4.78, 5) is 205. The maximum Gasteiger partial charge on any atom is 0.472 e. The van der Waals surface area contributed by atoms with Gasteiger partial charge in [-0.3, -0.25) is 126 Å². The second-order valence-electron chi connectivity index (χ2n) is 34.9.